The topological polar surface area (TPSA) is 20.2 Å². The van der Waals surface area contributed by atoms with Crippen molar-refractivity contribution in [2.24, 2.45) is 39.9 Å². The van der Waals surface area contributed by atoms with Crippen LogP contribution >= 0.6 is 0 Å². The predicted octanol–water partition coefficient (Wildman–Crippen LogP) is 9.17. The summed E-state index contributed by atoms with van der Waals surface area (Å²) >= 11 is 0. The van der Waals surface area contributed by atoms with Gasteiger partial charge in [0.25, 0.3) is 0 Å². The fourth-order valence-electron chi connectivity index (χ4n) is 8.83. The molecule has 4 aliphatic carbocycles. The molecule has 31 heavy (non-hydrogen) atoms. The van der Waals surface area contributed by atoms with Crippen molar-refractivity contribution in [2.45, 2.75) is 112 Å². The van der Waals surface area contributed by atoms with Crippen LogP contribution in [0.3, 0.4) is 0 Å². The van der Waals surface area contributed by atoms with E-state index >= 15 is 0 Å². The van der Waals surface area contributed by atoms with E-state index in [2.05, 4.69) is 47.8 Å². The Balaban J connectivity index is 1.52. The van der Waals surface area contributed by atoms with Crippen LogP contribution in [-0.2, 0) is 0 Å². The van der Waals surface area contributed by atoms with Crippen LogP contribution in [-0.4, -0.2) is 5.11 Å². The monoisotopic (exact) mass is 424 g/mol. The summed E-state index contributed by atoms with van der Waals surface area (Å²) in [5.41, 5.74) is 6.71. The van der Waals surface area contributed by atoms with Gasteiger partial charge in [-0.25, -0.2) is 0 Å². The summed E-state index contributed by atoms with van der Waals surface area (Å²) in [5.74, 6) is 3.04. The summed E-state index contributed by atoms with van der Waals surface area (Å²) in [6.45, 7) is 20.6. The molecule has 4 rings (SSSR count). The lowest BCUT2D eigenvalue weighted by Gasteiger charge is -2.61. The minimum absolute atomic E-state index is 0.239. The maximum atomic E-state index is 9.63. The first kappa shape index (κ1) is 23.2. The van der Waals surface area contributed by atoms with Gasteiger partial charge in [0, 0.05) is 5.92 Å². The third-order valence-electron chi connectivity index (χ3n) is 11.3. The van der Waals surface area contributed by atoms with Crippen LogP contribution in [0.5, 0.6) is 0 Å². The molecule has 0 bridgehead atoms. The molecule has 0 amide bonds. The van der Waals surface area contributed by atoms with Gasteiger partial charge in [0.15, 0.2) is 0 Å². The predicted molar refractivity (Wildman–Crippen MR) is 133 cm³/mol. The van der Waals surface area contributed by atoms with Gasteiger partial charge in [-0.3, -0.25) is 0 Å². The van der Waals surface area contributed by atoms with E-state index in [9.17, 15) is 5.11 Å². The van der Waals surface area contributed by atoms with Gasteiger partial charge < -0.3 is 5.11 Å². The molecule has 7 unspecified atom stereocenters. The molecule has 7 atom stereocenters. The summed E-state index contributed by atoms with van der Waals surface area (Å²) in [6, 6.07) is 0. The SMILES string of the molecule is C=C1CCC2(C)C3CCC4(C)C(=C3CCC2(C)C1)CCC4C(C)CCCC(C)C(=C)O. The zero-order valence-electron chi connectivity index (χ0n) is 21.2. The van der Waals surface area contributed by atoms with Gasteiger partial charge in [-0.05, 0) is 98.2 Å². The van der Waals surface area contributed by atoms with Crippen LogP contribution < -0.4 is 0 Å². The van der Waals surface area contributed by atoms with Crippen LogP contribution in [0, 0.1) is 39.9 Å². The summed E-state index contributed by atoms with van der Waals surface area (Å²) < 4.78 is 0. The van der Waals surface area contributed by atoms with E-state index in [1.807, 2.05) is 11.1 Å². The highest BCUT2D eigenvalue weighted by Crippen LogP contribution is 2.69. The highest BCUT2D eigenvalue weighted by atomic mass is 16.3. The Morgan fingerprint density at radius 1 is 1.03 bits per heavy atom. The molecule has 0 saturated heterocycles. The standard InChI is InChI=1S/C30H48O/c1-20-13-18-30(7)27-15-17-29(6)25(22(3)10-8-9-21(2)23(4)31)11-12-26(29)24(27)14-16-28(30,5)19-20/h21-22,25,27,31H,1,4,8-19H2,2-3,5-7H3. The lowest BCUT2D eigenvalue weighted by Crippen LogP contribution is -2.52. The number of aliphatic hydroxyl groups excluding tert-OH is 1. The third kappa shape index (κ3) is 3.67. The normalized spacial score (nSPS) is 41.9. The zero-order chi connectivity index (χ0) is 22.6. The lowest BCUT2D eigenvalue weighted by atomic mass is 9.43. The molecular weight excluding hydrogens is 376 g/mol. The van der Waals surface area contributed by atoms with E-state index in [0.717, 1.165) is 24.2 Å². The van der Waals surface area contributed by atoms with E-state index in [1.54, 1.807) is 0 Å². The third-order valence-corrected chi connectivity index (χ3v) is 11.3. The second kappa shape index (κ2) is 8.11. The van der Waals surface area contributed by atoms with Crippen LogP contribution in [0.2, 0.25) is 0 Å². The van der Waals surface area contributed by atoms with E-state index < -0.39 is 0 Å². The Morgan fingerprint density at radius 3 is 2.48 bits per heavy atom. The number of allylic oxidation sites excluding steroid dienone is 4. The van der Waals surface area contributed by atoms with Gasteiger partial charge in [-0.2, -0.15) is 0 Å². The molecule has 4 aliphatic rings. The molecule has 0 radical (unpaired) electrons. The molecule has 0 aromatic carbocycles. The van der Waals surface area contributed by atoms with Crippen molar-refractivity contribution in [2.75, 3.05) is 0 Å². The minimum Gasteiger partial charge on any atom is -0.513 e. The van der Waals surface area contributed by atoms with E-state index in [1.165, 1.54) is 76.2 Å². The summed E-state index contributed by atoms with van der Waals surface area (Å²) in [4.78, 5) is 0. The van der Waals surface area contributed by atoms with Crippen LogP contribution in [0.25, 0.3) is 0 Å². The van der Waals surface area contributed by atoms with Crippen LogP contribution in [0.15, 0.2) is 35.6 Å². The molecule has 3 fully saturated rings. The Hall–Kier alpha value is -0.980. The second-order valence-corrected chi connectivity index (χ2v) is 12.9. The van der Waals surface area contributed by atoms with Gasteiger partial charge >= 0.3 is 0 Å². The smallest absolute Gasteiger partial charge is 0.0879 e. The molecule has 1 nitrogen and oxygen atoms in total. The number of hydrogen-bond acceptors (Lipinski definition) is 1. The number of rotatable bonds is 6. The molecule has 0 aliphatic heterocycles. The van der Waals surface area contributed by atoms with Crippen molar-refractivity contribution in [3.63, 3.8) is 0 Å². The summed E-state index contributed by atoms with van der Waals surface area (Å²) in [5, 5.41) is 9.63. The molecule has 1 N–H and O–H groups in total. The van der Waals surface area contributed by atoms with E-state index in [-0.39, 0.29) is 5.92 Å². The maximum absolute atomic E-state index is 9.63. The first-order chi connectivity index (χ1) is 14.5. The fourth-order valence-corrected chi connectivity index (χ4v) is 8.83. The van der Waals surface area contributed by atoms with Gasteiger partial charge in [-0.1, -0.05) is 77.3 Å². The van der Waals surface area contributed by atoms with Gasteiger partial charge in [0.2, 0.25) is 0 Å². The van der Waals surface area contributed by atoms with Gasteiger partial charge in [-0.15, -0.1) is 0 Å². The quantitative estimate of drug-likeness (QED) is 0.333. The molecule has 1 heteroatoms. The number of hydrogen-bond donors (Lipinski definition) is 1. The zero-order valence-corrected chi connectivity index (χ0v) is 21.2. The Morgan fingerprint density at radius 2 is 1.77 bits per heavy atom. The van der Waals surface area contributed by atoms with Crippen molar-refractivity contribution in [1.82, 2.24) is 0 Å². The van der Waals surface area contributed by atoms with Crippen LogP contribution in [0.4, 0.5) is 0 Å². The largest absolute Gasteiger partial charge is 0.513 e. The fraction of sp³-hybridized carbons (Fsp3) is 0.800. The Kier molecular flexibility index (Phi) is 6.06. The van der Waals surface area contributed by atoms with Crippen molar-refractivity contribution in [1.29, 1.82) is 0 Å². The van der Waals surface area contributed by atoms with E-state index in [4.69, 9.17) is 0 Å². The molecule has 3 saturated carbocycles. The molecule has 0 aromatic rings. The average molecular weight is 425 g/mol. The molecule has 0 heterocycles. The maximum Gasteiger partial charge on any atom is 0.0879 e. The van der Waals surface area contributed by atoms with Crippen molar-refractivity contribution >= 4 is 0 Å². The first-order valence-corrected chi connectivity index (χ1v) is 13.3. The first-order valence-electron chi connectivity index (χ1n) is 13.3. The van der Waals surface area contributed by atoms with Crippen molar-refractivity contribution in [3.8, 4) is 0 Å². The second-order valence-electron chi connectivity index (χ2n) is 12.9. The van der Waals surface area contributed by atoms with Gasteiger partial charge in [0.05, 0.1) is 5.76 Å². The van der Waals surface area contributed by atoms with Gasteiger partial charge in [0.1, 0.15) is 0 Å². The highest BCUT2D eigenvalue weighted by Gasteiger charge is 2.58. The molecule has 0 aromatic heterocycles. The summed E-state index contributed by atoms with van der Waals surface area (Å²) in [6.07, 6.45) is 15.8. The minimum atomic E-state index is 0.239. The molecular formula is C30H48O. The van der Waals surface area contributed by atoms with Crippen molar-refractivity contribution in [3.05, 3.63) is 35.6 Å². The lowest BCUT2D eigenvalue weighted by molar-refractivity contribution is -0.0481. The molecule has 174 valence electrons. The number of aliphatic hydroxyl groups is 1. The Bertz CT molecular complexity index is 773. The molecule has 0 spiro atoms. The van der Waals surface area contributed by atoms with Crippen molar-refractivity contribution < 1.29 is 5.11 Å². The van der Waals surface area contributed by atoms with E-state index in [0.29, 0.717) is 22.0 Å². The van der Waals surface area contributed by atoms with Crippen LogP contribution in [0.1, 0.15) is 112 Å². The number of fused-ring (bicyclic) bond motifs is 4. The average Bonchev–Trinajstić information content (AvgIpc) is 3.06. The Labute approximate surface area is 192 Å². The summed E-state index contributed by atoms with van der Waals surface area (Å²) in [7, 11) is 0. The highest BCUT2D eigenvalue weighted by molar-refractivity contribution is 5.36.